The minimum absolute atomic E-state index is 0.000235. The minimum atomic E-state index is -0.403. The fourth-order valence-electron chi connectivity index (χ4n) is 1.90. The van der Waals surface area contributed by atoms with Crippen LogP contribution in [0.3, 0.4) is 0 Å². The molecule has 0 amide bonds. The molecule has 14 heavy (non-hydrogen) atoms. The van der Waals surface area contributed by atoms with E-state index in [4.69, 9.17) is 9.84 Å². The first-order valence-corrected chi connectivity index (χ1v) is 4.86. The van der Waals surface area contributed by atoms with Crippen molar-refractivity contribution in [3.05, 3.63) is 29.3 Å². The quantitative estimate of drug-likeness (QED) is 0.755. The highest BCUT2D eigenvalue weighted by Gasteiger charge is 2.23. The minimum Gasteiger partial charge on any atom is -0.491 e. The zero-order valence-corrected chi connectivity index (χ0v) is 7.94. The van der Waals surface area contributed by atoms with Crippen LogP contribution in [0.2, 0.25) is 0 Å². The van der Waals surface area contributed by atoms with Gasteiger partial charge >= 0.3 is 0 Å². The molecule has 0 spiro atoms. The highest BCUT2D eigenvalue weighted by Crippen LogP contribution is 2.37. The Kier molecular flexibility index (Phi) is 2.70. The van der Waals surface area contributed by atoms with Gasteiger partial charge in [0.15, 0.2) is 0 Å². The lowest BCUT2D eigenvalue weighted by Gasteiger charge is -2.11. The number of hydrogen-bond donors (Lipinski definition) is 2. The van der Waals surface area contributed by atoms with Crippen LogP contribution in [0.5, 0.6) is 5.75 Å². The Morgan fingerprint density at radius 2 is 2.29 bits per heavy atom. The number of aliphatic hydroxyl groups is 2. The number of aliphatic hydroxyl groups excluding tert-OH is 2. The molecule has 3 heteroatoms. The van der Waals surface area contributed by atoms with Gasteiger partial charge < -0.3 is 14.9 Å². The van der Waals surface area contributed by atoms with Gasteiger partial charge in [-0.25, -0.2) is 0 Å². The lowest BCUT2D eigenvalue weighted by atomic mass is 10.1. The summed E-state index contributed by atoms with van der Waals surface area (Å²) in [6.45, 7) is 0.281. The molecule has 0 aromatic heterocycles. The van der Waals surface area contributed by atoms with Crippen molar-refractivity contribution in [3.8, 4) is 5.75 Å². The SMILES string of the molecule is OCCOc1cccc2c1C(O)CC2. The predicted octanol–water partition coefficient (Wildman–Crippen LogP) is 1.04. The van der Waals surface area contributed by atoms with Gasteiger partial charge in [0.1, 0.15) is 12.4 Å². The third-order valence-corrected chi connectivity index (χ3v) is 2.53. The molecule has 1 aliphatic rings. The van der Waals surface area contributed by atoms with E-state index in [0.29, 0.717) is 5.75 Å². The zero-order valence-electron chi connectivity index (χ0n) is 7.94. The second kappa shape index (κ2) is 3.98. The molecule has 0 aliphatic heterocycles. The predicted molar refractivity (Wildman–Crippen MR) is 52.3 cm³/mol. The Morgan fingerprint density at radius 3 is 3.07 bits per heavy atom. The summed E-state index contributed by atoms with van der Waals surface area (Å²) in [4.78, 5) is 0. The Balaban J connectivity index is 2.27. The first-order chi connectivity index (χ1) is 6.83. The highest BCUT2D eigenvalue weighted by atomic mass is 16.5. The summed E-state index contributed by atoms with van der Waals surface area (Å²) in [5, 5.41) is 18.4. The first kappa shape index (κ1) is 9.49. The summed E-state index contributed by atoms with van der Waals surface area (Å²) in [6.07, 6.45) is 1.28. The molecule has 0 radical (unpaired) electrons. The molecule has 0 heterocycles. The molecule has 0 bridgehead atoms. The van der Waals surface area contributed by atoms with Gasteiger partial charge in [-0.15, -0.1) is 0 Å². The summed E-state index contributed by atoms with van der Waals surface area (Å²) in [5.74, 6) is 0.710. The Bertz CT molecular complexity index is 322. The maximum atomic E-state index is 9.72. The highest BCUT2D eigenvalue weighted by molar-refractivity contribution is 5.44. The zero-order chi connectivity index (χ0) is 9.97. The molecule has 1 atom stereocenters. The smallest absolute Gasteiger partial charge is 0.125 e. The number of rotatable bonds is 3. The monoisotopic (exact) mass is 194 g/mol. The molecule has 0 fully saturated rings. The number of aryl methyl sites for hydroxylation is 1. The summed E-state index contributed by atoms with van der Waals surface area (Å²) in [5.41, 5.74) is 2.06. The average molecular weight is 194 g/mol. The van der Waals surface area contributed by atoms with Crippen LogP contribution in [0, 0.1) is 0 Å². The van der Waals surface area contributed by atoms with Gasteiger partial charge in [-0.3, -0.25) is 0 Å². The lowest BCUT2D eigenvalue weighted by molar-refractivity contribution is 0.166. The van der Waals surface area contributed by atoms with E-state index in [0.717, 1.165) is 24.0 Å². The standard InChI is InChI=1S/C11H14O3/c12-6-7-14-10-3-1-2-8-4-5-9(13)11(8)10/h1-3,9,12-13H,4-7H2. The number of benzene rings is 1. The number of hydrogen-bond acceptors (Lipinski definition) is 3. The largest absolute Gasteiger partial charge is 0.491 e. The molecular formula is C11H14O3. The molecule has 1 unspecified atom stereocenters. The number of fused-ring (bicyclic) bond motifs is 1. The van der Waals surface area contributed by atoms with Gasteiger partial charge in [0, 0.05) is 5.56 Å². The summed E-state index contributed by atoms with van der Waals surface area (Å²) >= 11 is 0. The second-order valence-electron chi connectivity index (χ2n) is 3.46. The molecule has 0 saturated carbocycles. The van der Waals surface area contributed by atoms with Crippen LogP contribution in [-0.2, 0) is 6.42 Å². The van der Waals surface area contributed by atoms with Crippen LogP contribution in [0.25, 0.3) is 0 Å². The fourth-order valence-corrected chi connectivity index (χ4v) is 1.90. The van der Waals surface area contributed by atoms with E-state index in [2.05, 4.69) is 0 Å². The molecule has 76 valence electrons. The van der Waals surface area contributed by atoms with E-state index < -0.39 is 6.10 Å². The van der Waals surface area contributed by atoms with Crippen LogP contribution in [0.4, 0.5) is 0 Å². The van der Waals surface area contributed by atoms with Gasteiger partial charge in [0.25, 0.3) is 0 Å². The maximum absolute atomic E-state index is 9.72. The third-order valence-electron chi connectivity index (χ3n) is 2.53. The van der Waals surface area contributed by atoms with Crippen molar-refractivity contribution in [2.75, 3.05) is 13.2 Å². The average Bonchev–Trinajstić information content (AvgIpc) is 2.58. The van der Waals surface area contributed by atoms with Crippen molar-refractivity contribution < 1.29 is 14.9 Å². The molecule has 3 nitrogen and oxygen atoms in total. The van der Waals surface area contributed by atoms with Crippen molar-refractivity contribution in [1.29, 1.82) is 0 Å². The first-order valence-electron chi connectivity index (χ1n) is 4.86. The van der Waals surface area contributed by atoms with Gasteiger partial charge in [0.2, 0.25) is 0 Å². The van der Waals surface area contributed by atoms with Gasteiger partial charge in [-0.05, 0) is 24.5 Å². The van der Waals surface area contributed by atoms with Crippen molar-refractivity contribution in [1.82, 2.24) is 0 Å². The Hall–Kier alpha value is -1.06. The molecule has 0 saturated heterocycles. The Labute approximate surface area is 83.0 Å². The second-order valence-corrected chi connectivity index (χ2v) is 3.46. The normalized spacial score (nSPS) is 19.4. The molecule has 2 rings (SSSR count). The maximum Gasteiger partial charge on any atom is 0.125 e. The fraction of sp³-hybridized carbons (Fsp3) is 0.455. The molecule has 1 aromatic carbocycles. The lowest BCUT2D eigenvalue weighted by Crippen LogP contribution is -2.05. The van der Waals surface area contributed by atoms with E-state index in [1.807, 2.05) is 18.2 Å². The van der Waals surface area contributed by atoms with Gasteiger partial charge in [-0.2, -0.15) is 0 Å². The third kappa shape index (κ3) is 1.61. The van der Waals surface area contributed by atoms with Crippen LogP contribution in [-0.4, -0.2) is 23.4 Å². The van der Waals surface area contributed by atoms with Crippen LogP contribution in [0.15, 0.2) is 18.2 Å². The van der Waals surface area contributed by atoms with Gasteiger partial charge in [-0.1, -0.05) is 12.1 Å². The Morgan fingerprint density at radius 1 is 1.43 bits per heavy atom. The molecule has 1 aromatic rings. The molecule has 1 aliphatic carbocycles. The summed E-state index contributed by atoms with van der Waals surface area (Å²) in [7, 11) is 0. The number of ether oxygens (including phenoxy) is 1. The van der Waals surface area contributed by atoms with Crippen molar-refractivity contribution in [3.63, 3.8) is 0 Å². The van der Waals surface area contributed by atoms with Crippen LogP contribution in [0.1, 0.15) is 23.7 Å². The van der Waals surface area contributed by atoms with Crippen molar-refractivity contribution in [2.45, 2.75) is 18.9 Å². The molecule has 2 N–H and O–H groups in total. The van der Waals surface area contributed by atoms with E-state index in [1.165, 1.54) is 0 Å². The topological polar surface area (TPSA) is 49.7 Å². The van der Waals surface area contributed by atoms with Crippen molar-refractivity contribution >= 4 is 0 Å². The summed E-state index contributed by atoms with van der Waals surface area (Å²) in [6, 6.07) is 5.77. The molecular weight excluding hydrogens is 180 g/mol. The van der Waals surface area contributed by atoms with E-state index in [1.54, 1.807) is 0 Å². The van der Waals surface area contributed by atoms with E-state index >= 15 is 0 Å². The van der Waals surface area contributed by atoms with E-state index in [9.17, 15) is 5.11 Å². The summed E-state index contributed by atoms with van der Waals surface area (Å²) < 4.78 is 5.36. The van der Waals surface area contributed by atoms with Gasteiger partial charge in [0.05, 0.1) is 12.7 Å². The van der Waals surface area contributed by atoms with E-state index in [-0.39, 0.29) is 13.2 Å². The van der Waals surface area contributed by atoms with Crippen molar-refractivity contribution in [2.24, 2.45) is 0 Å². The van der Waals surface area contributed by atoms with Crippen LogP contribution < -0.4 is 4.74 Å². The van der Waals surface area contributed by atoms with Crippen LogP contribution >= 0.6 is 0 Å².